The highest BCUT2D eigenvalue weighted by molar-refractivity contribution is 7.80. The molecule has 0 saturated heterocycles. The Hall–Kier alpha value is -2.14. The summed E-state index contributed by atoms with van der Waals surface area (Å²) in [5.41, 5.74) is 8.56. The normalized spacial score (nSPS) is 11.8. The third kappa shape index (κ3) is 3.70. The van der Waals surface area contributed by atoms with Crippen LogP contribution in [-0.2, 0) is 0 Å². The molecule has 4 nitrogen and oxygen atoms in total. The van der Waals surface area contributed by atoms with E-state index in [1.165, 1.54) is 0 Å². The number of ether oxygens (including phenoxy) is 1. The van der Waals surface area contributed by atoms with Gasteiger partial charge in [0.25, 0.3) is 0 Å². The molecule has 0 aliphatic carbocycles. The number of hydrogen-bond acceptors (Lipinski definition) is 4. The van der Waals surface area contributed by atoms with E-state index in [1.807, 2.05) is 43.3 Å². The zero-order chi connectivity index (χ0) is 15.4. The van der Waals surface area contributed by atoms with Gasteiger partial charge in [-0.05, 0) is 43.7 Å². The van der Waals surface area contributed by atoms with Crippen LogP contribution in [0.15, 0.2) is 36.4 Å². The minimum absolute atomic E-state index is 0.0818. The summed E-state index contributed by atoms with van der Waals surface area (Å²) < 4.78 is 5.17. The van der Waals surface area contributed by atoms with Gasteiger partial charge in [0.2, 0.25) is 0 Å². The molecular formula is C16H19N3OS. The van der Waals surface area contributed by atoms with Crippen molar-refractivity contribution in [1.82, 2.24) is 4.98 Å². The van der Waals surface area contributed by atoms with Gasteiger partial charge in [-0.3, -0.25) is 0 Å². The first-order valence-corrected chi connectivity index (χ1v) is 7.10. The lowest BCUT2D eigenvalue weighted by Gasteiger charge is -2.18. The summed E-state index contributed by atoms with van der Waals surface area (Å²) >= 11 is 5.08. The third-order valence-electron chi connectivity index (χ3n) is 3.27. The van der Waals surface area contributed by atoms with Crippen LogP contribution in [0.2, 0.25) is 0 Å². The highest BCUT2D eigenvalue weighted by Crippen LogP contribution is 2.23. The highest BCUT2D eigenvalue weighted by Gasteiger charge is 2.11. The van der Waals surface area contributed by atoms with Crippen molar-refractivity contribution in [2.75, 3.05) is 12.4 Å². The minimum Gasteiger partial charge on any atom is -0.497 e. The second-order valence-electron chi connectivity index (χ2n) is 4.85. The van der Waals surface area contributed by atoms with Crippen molar-refractivity contribution >= 4 is 23.0 Å². The molecule has 0 spiro atoms. The SMILES string of the molecule is COc1ccc(C(C)Nc2nc(C)ccc2C(N)=S)cc1. The molecule has 1 heterocycles. The van der Waals surface area contributed by atoms with Gasteiger partial charge in [0.15, 0.2) is 0 Å². The predicted molar refractivity (Wildman–Crippen MR) is 89.9 cm³/mol. The van der Waals surface area contributed by atoms with Gasteiger partial charge in [0.1, 0.15) is 16.6 Å². The number of benzene rings is 1. The van der Waals surface area contributed by atoms with Gasteiger partial charge >= 0.3 is 0 Å². The maximum atomic E-state index is 5.75. The van der Waals surface area contributed by atoms with Crippen molar-refractivity contribution in [2.24, 2.45) is 5.73 Å². The first-order chi connectivity index (χ1) is 10.0. The Labute approximate surface area is 130 Å². The molecule has 0 aliphatic rings. The Kier molecular flexibility index (Phi) is 4.75. The maximum absolute atomic E-state index is 5.75. The Morgan fingerprint density at radius 1 is 1.24 bits per heavy atom. The average molecular weight is 301 g/mol. The van der Waals surface area contributed by atoms with Crippen LogP contribution < -0.4 is 15.8 Å². The number of aryl methyl sites for hydroxylation is 1. The molecule has 110 valence electrons. The Morgan fingerprint density at radius 2 is 1.90 bits per heavy atom. The number of hydrogen-bond donors (Lipinski definition) is 2. The van der Waals surface area contributed by atoms with Crippen LogP contribution in [0.1, 0.15) is 29.8 Å². The number of anilines is 1. The molecule has 0 fully saturated rings. The Bertz CT molecular complexity index is 640. The summed E-state index contributed by atoms with van der Waals surface area (Å²) in [7, 11) is 1.65. The summed E-state index contributed by atoms with van der Waals surface area (Å²) in [6, 6.07) is 11.8. The number of nitrogens with one attached hydrogen (secondary N) is 1. The summed E-state index contributed by atoms with van der Waals surface area (Å²) in [5, 5.41) is 3.37. The molecule has 1 atom stereocenters. The van der Waals surface area contributed by atoms with Crippen molar-refractivity contribution < 1.29 is 4.74 Å². The molecule has 0 saturated carbocycles. The number of pyridine rings is 1. The van der Waals surface area contributed by atoms with Crippen LogP contribution in [0.5, 0.6) is 5.75 Å². The summed E-state index contributed by atoms with van der Waals surface area (Å²) in [6.07, 6.45) is 0. The first-order valence-electron chi connectivity index (χ1n) is 6.69. The van der Waals surface area contributed by atoms with Gasteiger partial charge in [-0.2, -0.15) is 0 Å². The van der Waals surface area contributed by atoms with Crippen LogP contribution in [-0.4, -0.2) is 17.1 Å². The molecular weight excluding hydrogens is 282 g/mol. The quantitative estimate of drug-likeness (QED) is 0.830. The predicted octanol–water partition coefficient (Wildman–Crippen LogP) is 3.21. The fourth-order valence-corrected chi connectivity index (χ4v) is 2.21. The zero-order valence-corrected chi connectivity index (χ0v) is 13.2. The molecule has 21 heavy (non-hydrogen) atoms. The van der Waals surface area contributed by atoms with E-state index in [4.69, 9.17) is 22.7 Å². The molecule has 0 aliphatic heterocycles. The lowest BCUT2D eigenvalue weighted by atomic mass is 10.1. The second-order valence-corrected chi connectivity index (χ2v) is 5.29. The maximum Gasteiger partial charge on any atom is 0.136 e. The number of aromatic nitrogens is 1. The van der Waals surface area contributed by atoms with Crippen LogP contribution in [0, 0.1) is 6.92 Å². The van der Waals surface area contributed by atoms with Crippen LogP contribution >= 0.6 is 12.2 Å². The number of thiocarbonyl (C=S) groups is 1. The van der Waals surface area contributed by atoms with E-state index in [9.17, 15) is 0 Å². The van der Waals surface area contributed by atoms with Gasteiger partial charge in [0.05, 0.1) is 12.7 Å². The Balaban J connectivity index is 2.24. The molecule has 0 amide bonds. The molecule has 1 aromatic heterocycles. The highest BCUT2D eigenvalue weighted by atomic mass is 32.1. The molecule has 2 aromatic rings. The van der Waals surface area contributed by atoms with E-state index in [-0.39, 0.29) is 6.04 Å². The van der Waals surface area contributed by atoms with Crippen molar-refractivity contribution in [3.8, 4) is 5.75 Å². The second kappa shape index (κ2) is 6.54. The van der Waals surface area contributed by atoms with Gasteiger partial charge < -0.3 is 15.8 Å². The molecule has 1 aromatic carbocycles. The van der Waals surface area contributed by atoms with Crippen molar-refractivity contribution in [1.29, 1.82) is 0 Å². The van der Waals surface area contributed by atoms with Gasteiger partial charge in [-0.25, -0.2) is 4.98 Å². The zero-order valence-electron chi connectivity index (χ0n) is 12.4. The summed E-state index contributed by atoms with van der Waals surface area (Å²) in [4.78, 5) is 4.83. The summed E-state index contributed by atoms with van der Waals surface area (Å²) in [5.74, 6) is 1.55. The topological polar surface area (TPSA) is 60.2 Å². The largest absolute Gasteiger partial charge is 0.497 e. The number of methoxy groups -OCH3 is 1. The van der Waals surface area contributed by atoms with E-state index in [1.54, 1.807) is 7.11 Å². The molecule has 3 N–H and O–H groups in total. The molecule has 1 unspecified atom stereocenters. The van der Waals surface area contributed by atoms with E-state index in [0.29, 0.717) is 10.8 Å². The first kappa shape index (κ1) is 15.3. The monoisotopic (exact) mass is 301 g/mol. The van der Waals surface area contributed by atoms with Gasteiger partial charge in [-0.1, -0.05) is 24.4 Å². The number of nitrogens with two attached hydrogens (primary N) is 1. The lowest BCUT2D eigenvalue weighted by Crippen LogP contribution is -2.16. The van der Waals surface area contributed by atoms with Crippen molar-refractivity contribution in [3.63, 3.8) is 0 Å². The standard InChI is InChI=1S/C16H19N3OS/c1-10-4-9-14(15(17)21)16(18-10)19-11(2)12-5-7-13(20-3)8-6-12/h4-9,11H,1-3H3,(H2,17,21)(H,18,19). The van der Waals surface area contributed by atoms with Crippen LogP contribution in [0.4, 0.5) is 5.82 Å². The fourth-order valence-electron chi connectivity index (χ4n) is 2.05. The van der Waals surface area contributed by atoms with E-state index in [2.05, 4.69) is 17.2 Å². The van der Waals surface area contributed by atoms with Crippen LogP contribution in [0.3, 0.4) is 0 Å². The summed E-state index contributed by atoms with van der Waals surface area (Å²) in [6.45, 7) is 4.00. The minimum atomic E-state index is 0.0818. The van der Waals surface area contributed by atoms with Crippen molar-refractivity contribution in [3.05, 3.63) is 53.2 Å². The van der Waals surface area contributed by atoms with E-state index >= 15 is 0 Å². The number of rotatable bonds is 5. The molecule has 2 rings (SSSR count). The van der Waals surface area contributed by atoms with E-state index in [0.717, 1.165) is 22.6 Å². The number of nitrogens with zero attached hydrogens (tertiary/aromatic N) is 1. The Morgan fingerprint density at radius 3 is 2.48 bits per heavy atom. The lowest BCUT2D eigenvalue weighted by molar-refractivity contribution is 0.414. The van der Waals surface area contributed by atoms with Gasteiger partial charge in [-0.15, -0.1) is 0 Å². The average Bonchev–Trinajstić information content (AvgIpc) is 2.47. The fraction of sp³-hybridized carbons (Fsp3) is 0.250. The third-order valence-corrected chi connectivity index (χ3v) is 3.49. The van der Waals surface area contributed by atoms with Gasteiger partial charge in [0, 0.05) is 11.7 Å². The van der Waals surface area contributed by atoms with Crippen molar-refractivity contribution in [2.45, 2.75) is 19.9 Å². The van der Waals surface area contributed by atoms with E-state index < -0.39 is 0 Å². The molecule has 0 radical (unpaired) electrons. The molecule has 5 heteroatoms. The smallest absolute Gasteiger partial charge is 0.136 e. The molecule has 0 bridgehead atoms. The van der Waals surface area contributed by atoms with Crippen LogP contribution in [0.25, 0.3) is 0 Å².